The van der Waals surface area contributed by atoms with Crippen LogP contribution in [0.3, 0.4) is 0 Å². The number of rotatable bonds is 16. The van der Waals surface area contributed by atoms with Crippen LogP contribution in [0.2, 0.25) is 0 Å². The third-order valence-corrected chi connectivity index (χ3v) is 15.6. The number of fused-ring (bicyclic) bond motifs is 5. The maximum absolute atomic E-state index is 14.3. The van der Waals surface area contributed by atoms with Gasteiger partial charge in [-0.2, -0.15) is 0 Å². The lowest BCUT2D eigenvalue weighted by Crippen LogP contribution is -2.59. The molecule has 13 amide bonds. The molecule has 4 saturated heterocycles. The van der Waals surface area contributed by atoms with Crippen LogP contribution in [0.1, 0.15) is 103 Å². The Labute approximate surface area is 471 Å². The van der Waals surface area contributed by atoms with Gasteiger partial charge in [-0.1, -0.05) is 21.6 Å². The highest BCUT2D eigenvalue weighted by Crippen LogP contribution is 2.24. The van der Waals surface area contributed by atoms with Crippen molar-refractivity contribution in [1.82, 2.24) is 63.8 Å². The first kappa shape index (κ1) is 65.9. The zero-order valence-electron chi connectivity index (χ0n) is 44.0. The van der Waals surface area contributed by atoms with Gasteiger partial charge in [0.1, 0.15) is 48.3 Å². The van der Waals surface area contributed by atoms with Crippen molar-refractivity contribution < 1.29 is 86.9 Å². The van der Waals surface area contributed by atoms with E-state index in [1.165, 1.54) is 0 Å². The minimum Gasteiger partial charge on any atom is -0.481 e. The molecule has 0 aromatic heterocycles. The predicted octanol–water partition coefficient (Wildman–Crippen LogP) is -7.07. The van der Waals surface area contributed by atoms with Crippen molar-refractivity contribution in [2.45, 2.75) is 163 Å². The monoisotopic (exact) mass is 1180 g/mol. The van der Waals surface area contributed by atoms with E-state index in [1.54, 1.807) is 0 Å². The van der Waals surface area contributed by atoms with Gasteiger partial charge in [0.05, 0.1) is 31.5 Å². The standard InChI is InChI=1S/C47H70N14O18S2/c48-39(71)22-5-1-4-16-51-36(66)18-29(60-44(76)27(10-14-38(69)70)58-42(74)25-8-12-34(64)54-25)45(77)61-31-21-81-80-20-30(46(78)55-22)52-19-32(62)28(17-35(65)50-15-3-2-6-23(40(49)72)56-47(31)79)59-43(75)26(9-13-37(67)68)57-41(73)24-7-11-33(63)53-24/h22-31,52H,1-21H2,(H2,48,71)(H2,49,72)(H,50,65)(H,51,66)(H,53,63)(H,54,64)(H,55,78)(H,56,79)(H,57,73)(H,58,74)(H,59,75)(H,60,76)(H,61,77)(H,67,68)(H,69,70)/t22-,23-,24-,25-,26-,27-,28-,29-,30-,31?/m0/s1. The fraction of sp³-hybridized carbons (Fsp3) is 0.660. The van der Waals surface area contributed by atoms with Crippen molar-refractivity contribution in [2.24, 2.45) is 11.5 Å². The summed E-state index contributed by atoms with van der Waals surface area (Å²) in [6.07, 6.45) is -3.17. The summed E-state index contributed by atoms with van der Waals surface area (Å²) in [5.41, 5.74) is 11.4. The van der Waals surface area contributed by atoms with Crippen LogP contribution in [0.25, 0.3) is 0 Å². The second-order valence-corrected chi connectivity index (χ2v) is 22.0. The van der Waals surface area contributed by atoms with E-state index in [4.69, 9.17) is 11.5 Å². The van der Waals surface area contributed by atoms with Crippen molar-refractivity contribution in [3.05, 3.63) is 0 Å². The average Bonchev–Trinajstić information content (AvgIpc) is 4.05. The van der Waals surface area contributed by atoms with E-state index >= 15 is 0 Å². The number of hydrogen-bond donors (Lipinski definition) is 16. The molecule has 448 valence electrons. The van der Waals surface area contributed by atoms with Crippen LogP contribution in [-0.4, -0.2) is 196 Å². The zero-order chi connectivity index (χ0) is 59.8. The molecule has 81 heavy (non-hydrogen) atoms. The number of carbonyl (C=O) groups excluding carboxylic acids is 14. The third kappa shape index (κ3) is 23.2. The van der Waals surface area contributed by atoms with Crippen molar-refractivity contribution in [3.8, 4) is 0 Å². The van der Waals surface area contributed by atoms with E-state index in [9.17, 15) is 86.9 Å². The molecule has 32 nitrogen and oxygen atoms in total. The summed E-state index contributed by atoms with van der Waals surface area (Å²) < 4.78 is 0. The zero-order valence-corrected chi connectivity index (χ0v) is 45.7. The van der Waals surface area contributed by atoms with Crippen molar-refractivity contribution >= 4 is 116 Å². The topological polar surface area (TPSA) is 510 Å². The highest BCUT2D eigenvalue weighted by atomic mass is 33.1. The number of carbonyl (C=O) groups is 16. The largest absolute Gasteiger partial charge is 0.481 e. The molecule has 4 fully saturated rings. The summed E-state index contributed by atoms with van der Waals surface area (Å²) in [7, 11) is 1.75. The van der Waals surface area contributed by atoms with Gasteiger partial charge in [-0.3, -0.25) is 82.0 Å². The molecule has 1 unspecified atom stereocenters. The molecule has 0 radical (unpaired) electrons. The van der Waals surface area contributed by atoms with Gasteiger partial charge in [0.2, 0.25) is 76.8 Å². The Balaban J connectivity index is 1.68. The van der Waals surface area contributed by atoms with Crippen LogP contribution in [0.5, 0.6) is 0 Å². The SMILES string of the molecule is NC(=O)[C@@H]1CCCCNC(=O)C[C@H](NC(=O)[C@H](CCC(=O)O)NC(=O)[C@@H]2CCC(=O)N2)C(=O)CN[C@H]2CSSCC(NC(=O)[C@@H](NC(=O)[C@H](CCC(=O)O)NC(=O)[C@@H]3CCC(=O)N3)CC(=O)NCCCC[C@@H](C(N)=O)NC2=O)C(=O)N1. The first-order valence-corrected chi connectivity index (χ1v) is 28.7. The predicted molar refractivity (Wildman–Crippen MR) is 283 cm³/mol. The van der Waals surface area contributed by atoms with Gasteiger partial charge in [0, 0.05) is 50.3 Å². The second-order valence-electron chi connectivity index (χ2n) is 19.5. The van der Waals surface area contributed by atoms with Crippen LogP contribution in [-0.2, 0) is 76.7 Å². The average molecular weight is 1180 g/mol. The van der Waals surface area contributed by atoms with Crippen molar-refractivity contribution in [3.63, 3.8) is 0 Å². The smallest absolute Gasteiger partial charge is 0.303 e. The quantitative estimate of drug-likeness (QED) is 0.0639. The summed E-state index contributed by atoms with van der Waals surface area (Å²) in [6, 6.07) is -14.5. The van der Waals surface area contributed by atoms with E-state index in [2.05, 4.69) is 63.8 Å². The molecule has 0 saturated carbocycles. The Morgan fingerprint density at radius 2 is 0.951 bits per heavy atom. The molecule has 4 aliphatic rings. The molecular weight excluding hydrogens is 1110 g/mol. The Hall–Kier alpha value is -7.62. The lowest BCUT2D eigenvalue weighted by atomic mass is 10.0. The van der Waals surface area contributed by atoms with Gasteiger partial charge in [-0.25, -0.2) is 0 Å². The molecular formula is C47H70N14O18S2. The van der Waals surface area contributed by atoms with E-state index in [-0.39, 0.29) is 88.8 Å². The molecule has 10 atom stereocenters. The minimum atomic E-state index is -1.82. The van der Waals surface area contributed by atoms with E-state index in [1.807, 2.05) is 0 Å². The second kappa shape index (κ2) is 33.2. The van der Waals surface area contributed by atoms with Crippen LogP contribution in [0.4, 0.5) is 0 Å². The first-order chi connectivity index (χ1) is 38.4. The molecule has 4 heterocycles. The molecule has 0 spiro atoms. The fourth-order valence-corrected chi connectivity index (χ4v) is 10.9. The van der Waals surface area contributed by atoms with Gasteiger partial charge in [-0.05, 0) is 64.2 Å². The molecule has 18 N–H and O–H groups in total. The summed E-state index contributed by atoms with van der Waals surface area (Å²) >= 11 is 0. The summed E-state index contributed by atoms with van der Waals surface area (Å²) in [5.74, 6) is -15.5. The maximum atomic E-state index is 14.3. The molecule has 0 aromatic carbocycles. The van der Waals surface area contributed by atoms with Gasteiger partial charge < -0.3 is 80.2 Å². The molecule has 0 aromatic rings. The van der Waals surface area contributed by atoms with Crippen LogP contribution < -0.4 is 75.3 Å². The van der Waals surface area contributed by atoms with Crippen LogP contribution in [0.15, 0.2) is 0 Å². The maximum Gasteiger partial charge on any atom is 0.303 e. The minimum absolute atomic E-state index is 0.00664. The van der Waals surface area contributed by atoms with Crippen LogP contribution >= 0.6 is 21.6 Å². The molecule has 34 heteroatoms. The lowest BCUT2D eigenvalue weighted by molar-refractivity contribution is -0.139. The van der Waals surface area contributed by atoms with Gasteiger partial charge >= 0.3 is 11.9 Å². The molecule has 4 rings (SSSR count). The molecule has 4 aliphatic heterocycles. The number of carboxylic acids is 2. The Morgan fingerprint density at radius 3 is 1.38 bits per heavy atom. The van der Waals surface area contributed by atoms with Gasteiger partial charge in [0.25, 0.3) is 0 Å². The van der Waals surface area contributed by atoms with Gasteiger partial charge in [-0.15, -0.1) is 0 Å². The highest BCUT2D eigenvalue weighted by molar-refractivity contribution is 8.76. The number of amides is 13. The molecule has 0 aliphatic carbocycles. The van der Waals surface area contributed by atoms with Crippen LogP contribution in [0, 0.1) is 0 Å². The van der Waals surface area contributed by atoms with Crippen molar-refractivity contribution in [2.75, 3.05) is 31.1 Å². The number of aliphatic carboxylic acids is 2. The third-order valence-electron chi connectivity index (χ3n) is 13.1. The lowest BCUT2D eigenvalue weighted by Gasteiger charge is -2.26. The normalized spacial score (nSPS) is 26.1. The van der Waals surface area contributed by atoms with E-state index < -0.39 is 200 Å². The summed E-state index contributed by atoms with van der Waals surface area (Å²) in [5, 5.41) is 48.7. The number of nitrogens with two attached hydrogens (primary N) is 2. The Kier molecular flexibility index (Phi) is 27.0. The summed E-state index contributed by atoms with van der Waals surface area (Å²) in [4.78, 5) is 210. The first-order valence-electron chi connectivity index (χ1n) is 26.2. The number of Topliss-reactive ketones (excluding diaryl/α,β-unsaturated/α-hetero) is 1. The highest BCUT2D eigenvalue weighted by Gasteiger charge is 2.37. The number of primary amides is 2. The molecule has 2 bridgehead atoms. The number of hydrogen-bond acceptors (Lipinski definition) is 19. The summed E-state index contributed by atoms with van der Waals surface area (Å²) in [6.45, 7) is -0.932. The fourth-order valence-electron chi connectivity index (χ4n) is 8.53. The number of nitrogens with one attached hydrogen (secondary N) is 12. The van der Waals surface area contributed by atoms with E-state index in [0.29, 0.717) is 0 Å². The van der Waals surface area contributed by atoms with Crippen molar-refractivity contribution in [1.29, 1.82) is 0 Å². The Morgan fingerprint density at radius 1 is 0.519 bits per heavy atom. The number of carboxylic acid groups (broad SMARTS) is 2. The van der Waals surface area contributed by atoms with Gasteiger partial charge in [0.15, 0.2) is 5.78 Å². The Bertz CT molecular complexity index is 2420. The van der Waals surface area contributed by atoms with E-state index in [0.717, 1.165) is 21.6 Å². The number of ketones is 1.